The number of carbonyl (C=O) groups excluding carboxylic acids is 2. The van der Waals surface area contributed by atoms with Gasteiger partial charge in [0.25, 0.3) is 10.1 Å². The number of hydrogen-bond donors (Lipinski definition) is 2. The summed E-state index contributed by atoms with van der Waals surface area (Å²) >= 11 is 0. The Morgan fingerprint density at radius 1 is 1.40 bits per heavy atom. The van der Waals surface area contributed by atoms with Crippen molar-refractivity contribution in [3.8, 4) is 0 Å². The molecule has 0 aromatic carbocycles. The van der Waals surface area contributed by atoms with Crippen LogP contribution in [0.5, 0.6) is 0 Å². The summed E-state index contributed by atoms with van der Waals surface area (Å²) in [7, 11) is -4.20. The number of esters is 2. The van der Waals surface area contributed by atoms with Gasteiger partial charge >= 0.3 is 11.9 Å². The lowest BCUT2D eigenvalue weighted by Crippen LogP contribution is -2.41. The molecule has 6 unspecified atom stereocenters. The van der Waals surface area contributed by atoms with Gasteiger partial charge in [0.15, 0.2) is 0 Å². The predicted octanol–water partition coefficient (Wildman–Crippen LogP) is -1.41. The van der Waals surface area contributed by atoms with E-state index in [2.05, 4.69) is 0 Å². The summed E-state index contributed by atoms with van der Waals surface area (Å²) in [5, 5.41) is 9.98. The average Bonchev–Trinajstić information content (AvgIpc) is 2.91. The van der Waals surface area contributed by atoms with Crippen LogP contribution < -0.4 is 0 Å². The van der Waals surface area contributed by atoms with Gasteiger partial charge in [-0.1, -0.05) is 0 Å². The van der Waals surface area contributed by atoms with E-state index in [-0.39, 0.29) is 11.8 Å². The van der Waals surface area contributed by atoms with E-state index in [9.17, 15) is 23.1 Å². The van der Waals surface area contributed by atoms with Crippen molar-refractivity contribution in [3.05, 3.63) is 0 Å². The van der Waals surface area contributed by atoms with Crippen molar-refractivity contribution in [1.29, 1.82) is 0 Å². The van der Waals surface area contributed by atoms with E-state index in [1.807, 2.05) is 0 Å². The van der Waals surface area contributed by atoms with Crippen LogP contribution in [0.3, 0.4) is 0 Å². The molecule has 0 spiro atoms. The number of aliphatic hydroxyl groups is 1. The van der Waals surface area contributed by atoms with E-state index in [0.717, 1.165) is 0 Å². The maximum atomic E-state index is 12.0. The van der Waals surface area contributed by atoms with Crippen molar-refractivity contribution in [2.45, 2.75) is 18.6 Å². The van der Waals surface area contributed by atoms with Gasteiger partial charge in [0.1, 0.15) is 18.5 Å². The van der Waals surface area contributed by atoms with Crippen molar-refractivity contribution in [3.63, 3.8) is 0 Å². The molecule has 8 nitrogen and oxygen atoms in total. The third-order valence-corrected chi connectivity index (χ3v) is 5.12. The van der Waals surface area contributed by atoms with Crippen LogP contribution in [0.2, 0.25) is 0 Å². The third kappa shape index (κ3) is 2.00. The van der Waals surface area contributed by atoms with Crippen LogP contribution in [-0.4, -0.2) is 54.6 Å². The number of rotatable bonds is 4. The van der Waals surface area contributed by atoms with Gasteiger partial charge in [-0.25, -0.2) is 0 Å². The highest BCUT2D eigenvalue weighted by Crippen LogP contribution is 2.57. The minimum Gasteiger partial charge on any atom is -0.464 e. The maximum absolute atomic E-state index is 12.0. The highest BCUT2D eigenvalue weighted by Gasteiger charge is 2.68. The second-order valence-corrected chi connectivity index (χ2v) is 7.03. The van der Waals surface area contributed by atoms with Crippen LogP contribution in [-0.2, 0) is 29.2 Å². The van der Waals surface area contributed by atoms with Crippen molar-refractivity contribution >= 4 is 22.1 Å². The van der Waals surface area contributed by atoms with Crippen LogP contribution in [0.1, 0.15) is 6.42 Å². The summed E-state index contributed by atoms with van der Waals surface area (Å²) in [4.78, 5) is 23.7. The monoisotopic (exact) mass is 306 g/mol. The predicted molar refractivity (Wildman–Crippen MR) is 61.8 cm³/mol. The number of hydrogen-bond acceptors (Lipinski definition) is 7. The van der Waals surface area contributed by atoms with Gasteiger partial charge in [-0.15, -0.1) is 0 Å². The van der Waals surface area contributed by atoms with Gasteiger partial charge in [0.05, 0.1) is 17.9 Å². The molecule has 2 bridgehead atoms. The van der Waals surface area contributed by atoms with E-state index < -0.39 is 58.5 Å². The first-order valence-corrected chi connectivity index (χ1v) is 7.91. The molecule has 2 aliphatic carbocycles. The smallest absolute Gasteiger partial charge is 0.310 e. The lowest BCUT2D eigenvalue weighted by atomic mass is 9.78. The van der Waals surface area contributed by atoms with Crippen LogP contribution in [0.25, 0.3) is 0 Å². The first kappa shape index (κ1) is 13.8. The molecule has 20 heavy (non-hydrogen) atoms. The topological polar surface area (TPSA) is 127 Å². The van der Waals surface area contributed by atoms with Gasteiger partial charge in [0.2, 0.25) is 0 Å². The molecule has 1 heterocycles. The van der Waals surface area contributed by atoms with Crippen LogP contribution in [0.4, 0.5) is 0 Å². The fraction of sp³-hybridized carbons (Fsp3) is 0.818. The Hall–Kier alpha value is -1.19. The van der Waals surface area contributed by atoms with Crippen molar-refractivity contribution in [1.82, 2.24) is 0 Å². The first-order valence-electron chi connectivity index (χ1n) is 6.30. The highest BCUT2D eigenvalue weighted by atomic mass is 32.2. The Kier molecular flexibility index (Phi) is 3.03. The van der Waals surface area contributed by atoms with Crippen LogP contribution in [0.15, 0.2) is 0 Å². The Morgan fingerprint density at radius 2 is 2.10 bits per heavy atom. The molecule has 6 atom stereocenters. The molecule has 3 aliphatic rings. The number of fused-ring (bicyclic) bond motifs is 1. The molecule has 0 aromatic rings. The Bertz CT molecular complexity index is 555. The maximum Gasteiger partial charge on any atom is 0.310 e. The van der Waals surface area contributed by atoms with Gasteiger partial charge in [-0.2, -0.15) is 8.42 Å². The third-order valence-electron chi connectivity index (χ3n) is 4.43. The molecule has 0 aromatic heterocycles. The minimum atomic E-state index is -4.20. The summed E-state index contributed by atoms with van der Waals surface area (Å²) in [5.41, 5.74) is 0. The van der Waals surface area contributed by atoms with Gasteiger partial charge < -0.3 is 14.6 Å². The molecule has 9 heteroatoms. The summed E-state index contributed by atoms with van der Waals surface area (Å²) in [5.74, 6) is -3.87. The molecule has 2 saturated carbocycles. The molecule has 2 N–H and O–H groups in total. The zero-order valence-corrected chi connectivity index (χ0v) is 11.2. The Labute approximate surface area is 114 Å². The molecule has 1 aliphatic heterocycles. The molecular formula is C11H14O8S. The van der Waals surface area contributed by atoms with E-state index in [1.54, 1.807) is 0 Å². The summed E-state index contributed by atoms with van der Waals surface area (Å²) in [6, 6.07) is 0. The second kappa shape index (κ2) is 4.40. The van der Waals surface area contributed by atoms with Crippen LogP contribution in [0, 0.1) is 23.7 Å². The number of ether oxygens (including phenoxy) is 2. The largest absolute Gasteiger partial charge is 0.464 e. The van der Waals surface area contributed by atoms with Crippen molar-refractivity contribution in [2.75, 3.05) is 12.4 Å². The van der Waals surface area contributed by atoms with Crippen LogP contribution >= 0.6 is 0 Å². The van der Waals surface area contributed by atoms with Crippen molar-refractivity contribution in [2.24, 2.45) is 23.7 Å². The van der Waals surface area contributed by atoms with Crippen molar-refractivity contribution < 1.29 is 37.1 Å². The van der Waals surface area contributed by atoms with E-state index in [1.165, 1.54) is 0 Å². The van der Waals surface area contributed by atoms with E-state index >= 15 is 0 Å². The molecule has 112 valence electrons. The number of aliphatic hydroxyl groups excluding tert-OH is 1. The zero-order chi connectivity index (χ0) is 14.7. The van der Waals surface area contributed by atoms with E-state index in [0.29, 0.717) is 6.42 Å². The SMILES string of the molecule is O=C(OCCS(=O)(=O)O)C1C2CC3C(OC(=O)C31)C2O. The molecule has 3 fully saturated rings. The fourth-order valence-electron chi connectivity index (χ4n) is 3.68. The summed E-state index contributed by atoms with van der Waals surface area (Å²) < 4.78 is 39.5. The Morgan fingerprint density at radius 3 is 2.75 bits per heavy atom. The fourth-order valence-corrected chi connectivity index (χ4v) is 3.98. The zero-order valence-electron chi connectivity index (χ0n) is 10.3. The second-order valence-electron chi connectivity index (χ2n) is 5.46. The molecule has 1 saturated heterocycles. The molecule has 3 rings (SSSR count). The molecule has 0 amide bonds. The quantitative estimate of drug-likeness (QED) is 0.479. The van der Waals surface area contributed by atoms with E-state index in [4.69, 9.17) is 14.0 Å². The van der Waals surface area contributed by atoms with Gasteiger partial charge in [-0.05, 0) is 6.42 Å². The summed E-state index contributed by atoms with van der Waals surface area (Å²) in [6.45, 7) is -0.479. The average molecular weight is 306 g/mol. The van der Waals surface area contributed by atoms with Gasteiger partial charge in [0, 0.05) is 11.8 Å². The van der Waals surface area contributed by atoms with Gasteiger partial charge in [-0.3, -0.25) is 14.1 Å². The molecular weight excluding hydrogens is 292 g/mol. The summed E-state index contributed by atoms with van der Waals surface area (Å²) in [6.07, 6.45) is -0.874. The lowest BCUT2D eigenvalue weighted by molar-refractivity contribution is -0.155. The highest BCUT2D eigenvalue weighted by molar-refractivity contribution is 7.85. The standard InChI is InChI=1S/C11H14O8S/c12-8-4-3-5-7(11(14)19-9(5)8)6(4)10(13)18-1-2-20(15,16)17/h4-9,12H,1-3H2,(H,15,16,17). The minimum absolute atomic E-state index is 0.165. The normalized spacial score (nSPS) is 41.8. The lowest BCUT2D eigenvalue weighted by Gasteiger charge is -2.26. The Balaban J connectivity index is 1.68. The number of carbonyl (C=O) groups is 2. The molecule has 0 radical (unpaired) electrons. The first-order chi connectivity index (χ1) is 9.29.